The molecule has 0 N–H and O–H groups in total. The van der Waals surface area contributed by atoms with Gasteiger partial charge in [-0.15, -0.1) is 11.6 Å². The van der Waals surface area contributed by atoms with Gasteiger partial charge in [0.1, 0.15) is 0 Å². The van der Waals surface area contributed by atoms with Crippen LogP contribution in [-0.4, -0.2) is 0 Å². The minimum atomic E-state index is -0.153. The molecular formula is C18H15ClO. The predicted molar refractivity (Wildman–Crippen MR) is 82.1 cm³/mol. The smallest absolute Gasteiger partial charge is 0.0952 e. The summed E-state index contributed by atoms with van der Waals surface area (Å²) in [7, 11) is 0. The zero-order valence-corrected chi connectivity index (χ0v) is 11.8. The van der Waals surface area contributed by atoms with E-state index >= 15 is 0 Å². The van der Waals surface area contributed by atoms with Crippen molar-refractivity contribution < 1.29 is 4.42 Å². The van der Waals surface area contributed by atoms with Gasteiger partial charge in [0.15, 0.2) is 0 Å². The topological polar surface area (TPSA) is 13.1 Å². The molecule has 20 heavy (non-hydrogen) atoms. The molecule has 100 valence electrons. The van der Waals surface area contributed by atoms with Crippen molar-refractivity contribution in [3.63, 3.8) is 0 Å². The molecule has 2 heteroatoms. The van der Waals surface area contributed by atoms with Crippen LogP contribution in [0.2, 0.25) is 0 Å². The quantitative estimate of drug-likeness (QED) is 0.600. The second-order valence-electron chi connectivity index (χ2n) is 4.82. The van der Waals surface area contributed by atoms with E-state index in [0.717, 1.165) is 17.5 Å². The Morgan fingerprint density at radius 3 is 2.15 bits per heavy atom. The summed E-state index contributed by atoms with van der Waals surface area (Å²) < 4.78 is 5.08. The highest BCUT2D eigenvalue weighted by Gasteiger charge is 2.11. The van der Waals surface area contributed by atoms with E-state index in [2.05, 4.69) is 48.5 Å². The first-order valence-corrected chi connectivity index (χ1v) is 7.05. The van der Waals surface area contributed by atoms with Gasteiger partial charge in [-0.1, -0.05) is 54.6 Å². The highest BCUT2D eigenvalue weighted by molar-refractivity contribution is 6.22. The SMILES string of the molecule is ClC(c1ccc(Cc2ccccc2)cc1)c1ccoc1. The Labute approximate surface area is 123 Å². The Morgan fingerprint density at radius 1 is 0.800 bits per heavy atom. The molecule has 0 aliphatic rings. The first-order chi connectivity index (χ1) is 9.83. The van der Waals surface area contributed by atoms with Gasteiger partial charge in [-0.3, -0.25) is 0 Å². The summed E-state index contributed by atoms with van der Waals surface area (Å²) in [6, 6.07) is 20.8. The maximum absolute atomic E-state index is 6.43. The van der Waals surface area contributed by atoms with E-state index in [-0.39, 0.29) is 5.38 Å². The molecule has 3 aromatic rings. The first-order valence-electron chi connectivity index (χ1n) is 6.62. The third-order valence-electron chi connectivity index (χ3n) is 3.36. The molecule has 0 radical (unpaired) electrons. The first kappa shape index (κ1) is 13.0. The van der Waals surface area contributed by atoms with Crippen LogP contribution in [0.5, 0.6) is 0 Å². The van der Waals surface area contributed by atoms with Gasteiger partial charge in [-0.05, 0) is 29.2 Å². The van der Waals surface area contributed by atoms with Gasteiger partial charge in [-0.25, -0.2) is 0 Å². The molecule has 0 aliphatic carbocycles. The molecule has 0 saturated heterocycles. The van der Waals surface area contributed by atoms with Crippen molar-refractivity contribution in [3.8, 4) is 0 Å². The Balaban J connectivity index is 1.75. The van der Waals surface area contributed by atoms with E-state index in [1.807, 2.05) is 12.1 Å². The lowest BCUT2D eigenvalue weighted by Gasteiger charge is -2.09. The Hall–Kier alpha value is -1.99. The normalized spacial score (nSPS) is 12.2. The summed E-state index contributed by atoms with van der Waals surface area (Å²) in [4.78, 5) is 0. The minimum Gasteiger partial charge on any atom is -0.472 e. The third kappa shape index (κ3) is 2.94. The molecule has 3 rings (SSSR count). The Kier molecular flexibility index (Phi) is 3.89. The summed E-state index contributed by atoms with van der Waals surface area (Å²) in [5.41, 5.74) is 4.68. The summed E-state index contributed by atoms with van der Waals surface area (Å²) in [6.07, 6.45) is 4.28. The third-order valence-corrected chi connectivity index (χ3v) is 3.86. The maximum atomic E-state index is 6.43. The van der Waals surface area contributed by atoms with Gasteiger partial charge in [-0.2, -0.15) is 0 Å². The van der Waals surface area contributed by atoms with Crippen LogP contribution in [0.4, 0.5) is 0 Å². The van der Waals surface area contributed by atoms with Crippen LogP contribution in [0, 0.1) is 0 Å². The van der Waals surface area contributed by atoms with Crippen molar-refractivity contribution in [1.29, 1.82) is 0 Å². The molecule has 1 aromatic heterocycles. The van der Waals surface area contributed by atoms with Crippen molar-refractivity contribution in [2.45, 2.75) is 11.8 Å². The van der Waals surface area contributed by atoms with Crippen molar-refractivity contribution in [1.82, 2.24) is 0 Å². The monoisotopic (exact) mass is 282 g/mol. The zero-order valence-electron chi connectivity index (χ0n) is 11.0. The maximum Gasteiger partial charge on any atom is 0.0952 e. The second kappa shape index (κ2) is 5.98. The standard InChI is InChI=1S/C18H15ClO/c19-18(17-10-11-20-13-17)16-8-6-15(7-9-16)12-14-4-2-1-3-5-14/h1-11,13,18H,12H2. The summed E-state index contributed by atoms with van der Waals surface area (Å²) in [5, 5.41) is -0.153. The van der Waals surface area contributed by atoms with Gasteiger partial charge >= 0.3 is 0 Å². The van der Waals surface area contributed by atoms with Gasteiger partial charge in [0.2, 0.25) is 0 Å². The fraction of sp³-hybridized carbons (Fsp3) is 0.111. The fourth-order valence-corrected chi connectivity index (χ4v) is 2.52. The van der Waals surface area contributed by atoms with Crippen LogP contribution >= 0.6 is 11.6 Å². The summed E-state index contributed by atoms with van der Waals surface area (Å²) in [5.74, 6) is 0. The minimum absolute atomic E-state index is 0.153. The number of benzene rings is 2. The van der Waals surface area contributed by atoms with Crippen molar-refractivity contribution >= 4 is 11.6 Å². The summed E-state index contributed by atoms with van der Waals surface area (Å²) in [6.45, 7) is 0. The number of furan rings is 1. The molecule has 2 aromatic carbocycles. The van der Waals surface area contributed by atoms with E-state index in [4.69, 9.17) is 16.0 Å². The highest BCUT2D eigenvalue weighted by Crippen LogP contribution is 2.29. The largest absolute Gasteiger partial charge is 0.472 e. The molecule has 1 heterocycles. The van der Waals surface area contributed by atoms with Gasteiger partial charge in [0, 0.05) is 5.56 Å². The number of halogens is 1. The fourth-order valence-electron chi connectivity index (χ4n) is 2.25. The van der Waals surface area contributed by atoms with Crippen LogP contribution in [-0.2, 0) is 6.42 Å². The average molecular weight is 283 g/mol. The van der Waals surface area contributed by atoms with E-state index < -0.39 is 0 Å². The lowest BCUT2D eigenvalue weighted by Crippen LogP contribution is -1.93. The number of rotatable bonds is 4. The molecule has 1 nitrogen and oxygen atoms in total. The van der Waals surface area contributed by atoms with Crippen LogP contribution in [0.1, 0.15) is 27.6 Å². The van der Waals surface area contributed by atoms with Crippen LogP contribution in [0.3, 0.4) is 0 Å². The van der Waals surface area contributed by atoms with Crippen LogP contribution < -0.4 is 0 Å². The Bertz CT molecular complexity index is 642. The molecule has 0 amide bonds. The molecular weight excluding hydrogens is 268 g/mol. The lowest BCUT2D eigenvalue weighted by molar-refractivity contribution is 0.564. The Morgan fingerprint density at radius 2 is 1.50 bits per heavy atom. The van der Waals surface area contributed by atoms with E-state index in [1.165, 1.54) is 11.1 Å². The van der Waals surface area contributed by atoms with Crippen LogP contribution in [0.25, 0.3) is 0 Å². The predicted octanol–water partition coefficient (Wildman–Crippen LogP) is 5.20. The van der Waals surface area contributed by atoms with Crippen molar-refractivity contribution in [3.05, 3.63) is 95.4 Å². The molecule has 1 atom stereocenters. The molecule has 0 fully saturated rings. The van der Waals surface area contributed by atoms with E-state index in [1.54, 1.807) is 12.5 Å². The van der Waals surface area contributed by atoms with Crippen molar-refractivity contribution in [2.75, 3.05) is 0 Å². The number of alkyl halides is 1. The highest BCUT2D eigenvalue weighted by atomic mass is 35.5. The van der Waals surface area contributed by atoms with Gasteiger partial charge < -0.3 is 4.42 Å². The molecule has 0 bridgehead atoms. The van der Waals surface area contributed by atoms with E-state index in [9.17, 15) is 0 Å². The second-order valence-corrected chi connectivity index (χ2v) is 5.26. The van der Waals surface area contributed by atoms with Crippen LogP contribution in [0.15, 0.2) is 77.6 Å². The molecule has 0 spiro atoms. The molecule has 0 aliphatic heterocycles. The lowest BCUT2D eigenvalue weighted by atomic mass is 10.0. The van der Waals surface area contributed by atoms with E-state index in [0.29, 0.717) is 0 Å². The zero-order chi connectivity index (χ0) is 13.8. The average Bonchev–Trinajstić information content (AvgIpc) is 3.03. The van der Waals surface area contributed by atoms with Gasteiger partial charge in [0.25, 0.3) is 0 Å². The number of hydrogen-bond acceptors (Lipinski definition) is 1. The van der Waals surface area contributed by atoms with Gasteiger partial charge in [0.05, 0.1) is 17.9 Å². The molecule has 0 saturated carbocycles. The number of hydrogen-bond donors (Lipinski definition) is 0. The summed E-state index contributed by atoms with van der Waals surface area (Å²) >= 11 is 6.43. The van der Waals surface area contributed by atoms with Crippen molar-refractivity contribution in [2.24, 2.45) is 0 Å². The molecule has 1 unspecified atom stereocenters.